The summed E-state index contributed by atoms with van der Waals surface area (Å²) in [7, 11) is 0. The van der Waals surface area contributed by atoms with Crippen molar-refractivity contribution < 1.29 is 14.6 Å². The molecule has 1 aromatic carbocycles. The van der Waals surface area contributed by atoms with Crippen molar-refractivity contribution in [2.45, 2.75) is 32.5 Å². The number of aromatic nitrogens is 1. The third-order valence-corrected chi connectivity index (χ3v) is 4.08. The lowest BCUT2D eigenvalue weighted by molar-refractivity contribution is -0.120. The van der Waals surface area contributed by atoms with Crippen molar-refractivity contribution in [3.63, 3.8) is 0 Å². The maximum Gasteiger partial charge on any atom is 0.226 e. The minimum Gasteiger partial charge on any atom is -0.486 e. The van der Waals surface area contributed by atoms with E-state index in [1.54, 1.807) is 0 Å². The van der Waals surface area contributed by atoms with Crippen LogP contribution in [0.5, 0.6) is 5.75 Å². The minimum absolute atomic E-state index is 0.149. The largest absolute Gasteiger partial charge is 0.486 e. The van der Waals surface area contributed by atoms with Crippen LogP contribution in [0.2, 0.25) is 0 Å². The zero-order valence-corrected chi connectivity index (χ0v) is 14.3. The number of benzene rings is 1. The van der Waals surface area contributed by atoms with E-state index in [1.807, 2.05) is 36.6 Å². The van der Waals surface area contributed by atoms with Gasteiger partial charge in [0.05, 0.1) is 18.2 Å². The van der Waals surface area contributed by atoms with E-state index in [0.717, 1.165) is 10.8 Å². The van der Waals surface area contributed by atoms with Gasteiger partial charge in [0, 0.05) is 18.3 Å². The van der Waals surface area contributed by atoms with Crippen molar-refractivity contribution in [3.05, 3.63) is 45.9 Å². The van der Waals surface area contributed by atoms with Crippen LogP contribution in [0.1, 0.15) is 22.7 Å². The first kappa shape index (κ1) is 18.0. The molecule has 0 fully saturated rings. The van der Waals surface area contributed by atoms with Crippen molar-refractivity contribution in [1.29, 1.82) is 0 Å². The van der Waals surface area contributed by atoms with E-state index < -0.39 is 6.10 Å². The van der Waals surface area contributed by atoms with Crippen LogP contribution in [0.25, 0.3) is 0 Å². The SMILES string of the molecule is C#CC[C@H](O)CNC(=O)Cc1csc(COc2ccc(C)cc2)n1. The highest BCUT2D eigenvalue weighted by atomic mass is 32.1. The molecule has 1 aromatic heterocycles. The van der Waals surface area contributed by atoms with Gasteiger partial charge in [-0.25, -0.2) is 4.98 Å². The number of rotatable bonds is 8. The van der Waals surface area contributed by atoms with Crippen LogP contribution in [0.3, 0.4) is 0 Å². The molecule has 6 heteroatoms. The van der Waals surface area contributed by atoms with Gasteiger partial charge in [-0.3, -0.25) is 4.79 Å². The van der Waals surface area contributed by atoms with Crippen molar-refractivity contribution in [2.24, 2.45) is 0 Å². The summed E-state index contributed by atoms with van der Waals surface area (Å²) in [4.78, 5) is 16.2. The molecule has 2 N–H and O–H groups in total. The fraction of sp³-hybridized carbons (Fsp3) is 0.333. The quantitative estimate of drug-likeness (QED) is 0.719. The number of nitrogens with one attached hydrogen (secondary N) is 1. The summed E-state index contributed by atoms with van der Waals surface area (Å²) >= 11 is 1.45. The average molecular weight is 344 g/mol. The van der Waals surface area contributed by atoms with Gasteiger partial charge in [-0.1, -0.05) is 17.7 Å². The van der Waals surface area contributed by atoms with E-state index in [0.29, 0.717) is 12.3 Å². The maximum absolute atomic E-state index is 11.8. The molecule has 0 bridgehead atoms. The summed E-state index contributed by atoms with van der Waals surface area (Å²) in [5.41, 5.74) is 1.86. The van der Waals surface area contributed by atoms with Crippen LogP contribution in [0.15, 0.2) is 29.6 Å². The van der Waals surface area contributed by atoms with Gasteiger partial charge in [0.25, 0.3) is 0 Å². The Morgan fingerprint density at radius 2 is 2.21 bits per heavy atom. The molecular weight excluding hydrogens is 324 g/mol. The molecule has 24 heavy (non-hydrogen) atoms. The second-order valence-electron chi connectivity index (χ2n) is 5.38. The van der Waals surface area contributed by atoms with E-state index >= 15 is 0 Å². The number of carbonyl (C=O) groups is 1. The lowest BCUT2D eigenvalue weighted by atomic mass is 10.2. The number of thiazole rings is 1. The van der Waals surface area contributed by atoms with Gasteiger partial charge in [0.15, 0.2) is 0 Å². The van der Waals surface area contributed by atoms with Gasteiger partial charge in [-0.15, -0.1) is 23.7 Å². The first-order chi connectivity index (χ1) is 11.6. The van der Waals surface area contributed by atoms with Crippen molar-refractivity contribution in [2.75, 3.05) is 6.54 Å². The summed E-state index contributed by atoms with van der Waals surface area (Å²) in [6.45, 7) is 2.54. The molecule has 0 radical (unpaired) electrons. The Balaban J connectivity index is 1.77. The molecule has 2 aromatic rings. The second-order valence-corrected chi connectivity index (χ2v) is 6.32. The Bertz CT molecular complexity index is 704. The highest BCUT2D eigenvalue weighted by molar-refractivity contribution is 7.09. The summed E-state index contributed by atoms with van der Waals surface area (Å²) < 4.78 is 5.67. The Morgan fingerprint density at radius 1 is 1.46 bits per heavy atom. The number of nitrogens with zero attached hydrogens (tertiary/aromatic N) is 1. The fourth-order valence-electron chi connectivity index (χ4n) is 1.94. The zero-order chi connectivity index (χ0) is 17.4. The first-order valence-electron chi connectivity index (χ1n) is 7.58. The molecule has 1 atom stereocenters. The van der Waals surface area contributed by atoms with Gasteiger partial charge in [-0.2, -0.15) is 0 Å². The number of hydrogen-bond acceptors (Lipinski definition) is 5. The second kappa shape index (κ2) is 9.06. The number of terminal acetylenes is 1. The molecule has 0 saturated heterocycles. The number of aryl methyl sites for hydroxylation is 1. The number of amides is 1. The summed E-state index contributed by atoms with van der Waals surface area (Å²) in [5.74, 6) is 2.95. The third-order valence-electron chi connectivity index (χ3n) is 3.21. The molecule has 0 spiro atoms. The topological polar surface area (TPSA) is 71.5 Å². The van der Waals surface area contributed by atoms with Crippen molar-refractivity contribution in [1.82, 2.24) is 10.3 Å². The minimum atomic E-state index is -0.715. The predicted molar refractivity (Wildman–Crippen MR) is 93.8 cm³/mol. The van der Waals surface area contributed by atoms with Gasteiger partial charge >= 0.3 is 0 Å². The molecule has 126 valence electrons. The number of aliphatic hydroxyl groups is 1. The van der Waals surface area contributed by atoms with Crippen molar-refractivity contribution in [3.8, 4) is 18.1 Å². The maximum atomic E-state index is 11.8. The lowest BCUT2D eigenvalue weighted by Gasteiger charge is -2.08. The molecule has 2 rings (SSSR count). The lowest BCUT2D eigenvalue weighted by Crippen LogP contribution is -2.33. The van der Waals surface area contributed by atoms with Gasteiger partial charge in [0.2, 0.25) is 5.91 Å². The van der Waals surface area contributed by atoms with E-state index in [9.17, 15) is 9.90 Å². The normalized spacial score (nSPS) is 11.5. The Morgan fingerprint density at radius 3 is 2.92 bits per heavy atom. The highest BCUT2D eigenvalue weighted by Crippen LogP contribution is 2.16. The fourth-order valence-corrected chi connectivity index (χ4v) is 2.65. The standard InChI is InChI=1S/C18H20N2O3S/c1-3-4-15(21)10-19-17(22)9-14-12-24-18(20-14)11-23-16-7-5-13(2)6-8-16/h1,5-8,12,15,21H,4,9-11H2,2H3,(H,19,22)/t15-/m0/s1. The number of carbonyl (C=O) groups excluding carboxylic acids is 1. The average Bonchev–Trinajstić information content (AvgIpc) is 3.00. The first-order valence-corrected chi connectivity index (χ1v) is 8.45. The molecule has 1 amide bonds. The van der Waals surface area contributed by atoms with Crippen LogP contribution in [-0.2, 0) is 17.8 Å². The predicted octanol–water partition coefficient (Wildman–Crippen LogP) is 2.07. The van der Waals surface area contributed by atoms with E-state index in [4.69, 9.17) is 11.2 Å². The smallest absolute Gasteiger partial charge is 0.226 e. The summed E-state index contributed by atoms with van der Waals surface area (Å²) in [6.07, 6.45) is 4.77. The Hall–Kier alpha value is -2.36. The number of hydrogen-bond donors (Lipinski definition) is 2. The van der Waals surface area contributed by atoms with Crippen LogP contribution in [-0.4, -0.2) is 28.6 Å². The Labute approximate surface area is 145 Å². The van der Waals surface area contributed by atoms with Crippen LogP contribution < -0.4 is 10.1 Å². The third kappa shape index (κ3) is 6.03. The summed E-state index contributed by atoms with van der Waals surface area (Å²) in [6, 6.07) is 7.81. The van der Waals surface area contributed by atoms with E-state index in [2.05, 4.69) is 16.2 Å². The van der Waals surface area contributed by atoms with Gasteiger partial charge in [-0.05, 0) is 19.1 Å². The van der Waals surface area contributed by atoms with Crippen LogP contribution >= 0.6 is 11.3 Å². The molecule has 0 aliphatic rings. The molecule has 0 aliphatic carbocycles. The van der Waals surface area contributed by atoms with Gasteiger partial charge < -0.3 is 15.2 Å². The molecule has 1 heterocycles. The Kier molecular flexibility index (Phi) is 6.79. The highest BCUT2D eigenvalue weighted by Gasteiger charge is 2.10. The monoisotopic (exact) mass is 344 g/mol. The summed E-state index contributed by atoms with van der Waals surface area (Å²) in [5, 5.41) is 14.8. The van der Waals surface area contributed by atoms with Crippen LogP contribution in [0, 0.1) is 19.3 Å². The zero-order valence-electron chi connectivity index (χ0n) is 13.5. The van der Waals surface area contributed by atoms with Crippen LogP contribution in [0.4, 0.5) is 0 Å². The van der Waals surface area contributed by atoms with Crippen molar-refractivity contribution >= 4 is 17.2 Å². The molecule has 0 aliphatic heterocycles. The molecule has 0 saturated carbocycles. The number of aliphatic hydroxyl groups excluding tert-OH is 1. The van der Waals surface area contributed by atoms with Gasteiger partial charge in [0.1, 0.15) is 17.4 Å². The molecule has 5 nitrogen and oxygen atoms in total. The number of ether oxygens (including phenoxy) is 1. The van der Waals surface area contributed by atoms with E-state index in [1.165, 1.54) is 16.9 Å². The van der Waals surface area contributed by atoms with E-state index in [-0.39, 0.29) is 25.3 Å². The molecular formula is C18H20N2O3S. The molecule has 0 unspecified atom stereocenters.